The Bertz CT molecular complexity index is 614. The second-order valence-corrected chi connectivity index (χ2v) is 5.38. The Morgan fingerprint density at radius 3 is 2.75 bits per heavy atom. The fourth-order valence-corrected chi connectivity index (χ4v) is 2.13. The summed E-state index contributed by atoms with van der Waals surface area (Å²) in [5.41, 5.74) is 1.07. The molecule has 1 unspecified atom stereocenters. The van der Waals surface area contributed by atoms with Crippen LogP contribution in [0.2, 0.25) is 0 Å². The highest BCUT2D eigenvalue weighted by molar-refractivity contribution is 5.99. The zero-order chi connectivity index (χ0) is 17.7. The first-order valence-electron chi connectivity index (χ1n) is 7.35. The van der Waals surface area contributed by atoms with Gasteiger partial charge in [0.15, 0.2) is 0 Å². The van der Waals surface area contributed by atoms with Crippen molar-refractivity contribution in [3.63, 3.8) is 0 Å². The molecule has 0 aliphatic carbocycles. The number of amides is 2. The van der Waals surface area contributed by atoms with Crippen molar-refractivity contribution in [3.8, 4) is 0 Å². The van der Waals surface area contributed by atoms with Crippen molar-refractivity contribution in [2.24, 2.45) is 0 Å². The molecule has 1 aliphatic rings. The van der Waals surface area contributed by atoms with E-state index < -0.39 is 24.7 Å². The second kappa shape index (κ2) is 7.63. The second-order valence-electron chi connectivity index (χ2n) is 5.38. The van der Waals surface area contributed by atoms with Crippen molar-refractivity contribution >= 4 is 17.5 Å². The van der Waals surface area contributed by atoms with Crippen LogP contribution in [0.25, 0.3) is 0 Å². The van der Waals surface area contributed by atoms with E-state index in [9.17, 15) is 22.8 Å². The van der Waals surface area contributed by atoms with E-state index in [0.717, 1.165) is 0 Å². The monoisotopic (exact) mass is 345 g/mol. The molecular weight excluding hydrogens is 327 g/mol. The van der Waals surface area contributed by atoms with E-state index >= 15 is 0 Å². The zero-order valence-corrected chi connectivity index (χ0v) is 13.0. The smallest absolute Gasteiger partial charge is 0.366 e. The van der Waals surface area contributed by atoms with E-state index in [0.29, 0.717) is 30.9 Å². The molecule has 9 heteroatoms. The average molecular weight is 345 g/mol. The molecule has 6 nitrogen and oxygen atoms in total. The maximum absolute atomic E-state index is 12.2. The van der Waals surface area contributed by atoms with Gasteiger partial charge < -0.3 is 20.7 Å². The summed E-state index contributed by atoms with van der Waals surface area (Å²) in [7, 11) is 0. The van der Waals surface area contributed by atoms with Gasteiger partial charge in [-0.05, 0) is 24.6 Å². The van der Waals surface area contributed by atoms with Crippen molar-refractivity contribution in [1.82, 2.24) is 10.6 Å². The van der Waals surface area contributed by atoms with Gasteiger partial charge in [0.05, 0.1) is 6.61 Å². The van der Waals surface area contributed by atoms with Crippen molar-refractivity contribution < 1.29 is 27.5 Å². The quantitative estimate of drug-likeness (QED) is 0.767. The van der Waals surface area contributed by atoms with Crippen LogP contribution in [0.4, 0.5) is 18.9 Å². The number of carbonyl (C=O) groups is 2. The number of anilines is 1. The summed E-state index contributed by atoms with van der Waals surface area (Å²) in [6, 6.07) is 4.29. The first-order valence-corrected chi connectivity index (χ1v) is 7.35. The van der Waals surface area contributed by atoms with Crippen molar-refractivity contribution in [2.45, 2.75) is 19.2 Å². The minimum absolute atomic E-state index is 0.0304. The SMILES string of the molecule is Cc1ccc(C(=O)NCC(F)(F)F)cc1NC(=O)C1CNCCO1. The number of hydrogen-bond donors (Lipinski definition) is 3. The molecule has 1 aromatic rings. The lowest BCUT2D eigenvalue weighted by Gasteiger charge is -2.23. The molecule has 2 rings (SSSR count). The van der Waals surface area contributed by atoms with Crippen LogP contribution >= 0.6 is 0 Å². The zero-order valence-electron chi connectivity index (χ0n) is 13.0. The molecule has 0 saturated carbocycles. The maximum atomic E-state index is 12.2. The van der Waals surface area contributed by atoms with Crippen molar-refractivity contribution in [3.05, 3.63) is 29.3 Å². The fraction of sp³-hybridized carbons (Fsp3) is 0.467. The number of alkyl halides is 3. The van der Waals surface area contributed by atoms with Gasteiger partial charge in [-0.1, -0.05) is 6.07 Å². The molecule has 24 heavy (non-hydrogen) atoms. The highest BCUT2D eigenvalue weighted by Crippen LogP contribution is 2.18. The lowest BCUT2D eigenvalue weighted by molar-refractivity contribution is -0.128. The summed E-state index contributed by atoms with van der Waals surface area (Å²) in [6.45, 7) is 1.75. The third-order valence-electron chi connectivity index (χ3n) is 3.43. The van der Waals surface area contributed by atoms with E-state index in [1.54, 1.807) is 18.3 Å². The van der Waals surface area contributed by atoms with Crippen LogP contribution in [0.5, 0.6) is 0 Å². The Kier molecular flexibility index (Phi) is 5.79. The number of morpholine rings is 1. The Labute approximate surface area is 136 Å². The van der Waals surface area contributed by atoms with Gasteiger partial charge in [-0.3, -0.25) is 9.59 Å². The lowest BCUT2D eigenvalue weighted by atomic mass is 10.1. The van der Waals surface area contributed by atoms with Gasteiger partial charge in [-0.15, -0.1) is 0 Å². The molecule has 2 amide bonds. The number of benzene rings is 1. The lowest BCUT2D eigenvalue weighted by Crippen LogP contribution is -2.45. The van der Waals surface area contributed by atoms with Gasteiger partial charge >= 0.3 is 6.18 Å². The number of rotatable bonds is 4. The topological polar surface area (TPSA) is 79.5 Å². The Hall–Kier alpha value is -2.13. The molecule has 1 aliphatic heterocycles. The van der Waals surface area contributed by atoms with Crippen LogP contribution < -0.4 is 16.0 Å². The summed E-state index contributed by atoms with van der Waals surface area (Å²) in [4.78, 5) is 23.9. The average Bonchev–Trinajstić information content (AvgIpc) is 2.54. The van der Waals surface area contributed by atoms with Crippen LogP contribution in [0, 0.1) is 6.92 Å². The third-order valence-corrected chi connectivity index (χ3v) is 3.43. The molecule has 132 valence electrons. The number of aryl methyl sites for hydroxylation is 1. The van der Waals surface area contributed by atoms with Crippen LogP contribution in [0.3, 0.4) is 0 Å². The predicted molar refractivity (Wildman–Crippen MR) is 80.8 cm³/mol. The van der Waals surface area contributed by atoms with Crippen LogP contribution in [0.15, 0.2) is 18.2 Å². The number of hydrogen-bond acceptors (Lipinski definition) is 4. The number of halogens is 3. The molecule has 1 heterocycles. The summed E-state index contributed by atoms with van der Waals surface area (Å²) in [5, 5.41) is 7.45. The summed E-state index contributed by atoms with van der Waals surface area (Å²) in [6.07, 6.45) is -5.14. The van der Waals surface area contributed by atoms with Gasteiger partial charge in [0.25, 0.3) is 11.8 Å². The Balaban J connectivity index is 2.04. The standard InChI is InChI=1S/C15H18F3N3O3/c1-9-2-3-10(13(22)20-8-15(16,17)18)6-11(9)21-14(23)12-7-19-4-5-24-12/h2-3,6,12,19H,4-5,7-8H2,1H3,(H,20,22)(H,21,23). The predicted octanol–water partition coefficient (Wildman–Crippen LogP) is 1.21. The minimum atomic E-state index is -4.48. The van der Waals surface area contributed by atoms with E-state index in [4.69, 9.17) is 4.74 Å². The Morgan fingerprint density at radius 1 is 1.38 bits per heavy atom. The van der Waals surface area contributed by atoms with Gasteiger partial charge in [0.1, 0.15) is 12.6 Å². The molecule has 1 atom stereocenters. The minimum Gasteiger partial charge on any atom is -0.366 e. The largest absolute Gasteiger partial charge is 0.405 e. The Morgan fingerprint density at radius 2 is 2.12 bits per heavy atom. The number of carbonyl (C=O) groups excluding carboxylic acids is 2. The van der Waals surface area contributed by atoms with E-state index in [-0.39, 0.29) is 11.5 Å². The third kappa shape index (κ3) is 5.20. The molecule has 3 N–H and O–H groups in total. The number of ether oxygens (including phenoxy) is 1. The normalized spacial score (nSPS) is 18.1. The van der Waals surface area contributed by atoms with Gasteiger partial charge in [-0.25, -0.2) is 0 Å². The van der Waals surface area contributed by atoms with Crippen molar-refractivity contribution in [2.75, 3.05) is 31.6 Å². The first-order chi connectivity index (χ1) is 11.3. The first kappa shape index (κ1) is 18.2. The summed E-state index contributed by atoms with van der Waals surface area (Å²) < 4.78 is 41.8. The van der Waals surface area contributed by atoms with Crippen LogP contribution in [0.1, 0.15) is 15.9 Å². The maximum Gasteiger partial charge on any atom is 0.405 e. The molecule has 1 aromatic carbocycles. The molecule has 0 bridgehead atoms. The van der Waals surface area contributed by atoms with Gasteiger partial charge in [0.2, 0.25) is 0 Å². The summed E-state index contributed by atoms with van der Waals surface area (Å²) >= 11 is 0. The van der Waals surface area contributed by atoms with Crippen LogP contribution in [-0.2, 0) is 9.53 Å². The molecule has 1 fully saturated rings. The molecular formula is C15H18F3N3O3. The van der Waals surface area contributed by atoms with Gasteiger partial charge in [0, 0.05) is 24.3 Å². The van der Waals surface area contributed by atoms with E-state index in [2.05, 4.69) is 10.6 Å². The van der Waals surface area contributed by atoms with E-state index in [1.807, 2.05) is 0 Å². The van der Waals surface area contributed by atoms with Gasteiger partial charge in [-0.2, -0.15) is 13.2 Å². The van der Waals surface area contributed by atoms with E-state index in [1.165, 1.54) is 12.1 Å². The summed E-state index contributed by atoms with van der Waals surface area (Å²) in [5.74, 6) is -1.24. The van der Waals surface area contributed by atoms with Crippen LogP contribution in [-0.4, -0.2) is 50.3 Å². The highest BCUT2D eigenvalue weighted by Gasteiger charge is 2.28. The molecule has 0 spiro atoms. The molecule has 0 aromatic heterocycles. The fourth-order valence-electron chi connectivity index (χ4n) is 2.13. The molecule has 1 saturated heterocycles. The van der Waals surface area contributed by atoms with Crippen molar-refractivity contribution in [1.29, 1.82) is 0 Å². The highest BCUT2D eigenvalue weighted by atomic mass is 19.4. The molecule has 0 radical (unpaired) electrons. The number of nitrogens with one attached hydrogen (secondary N) is 3.